The average Bonchev–Trinajstić information content (AvgIpc) is 3.03. The lowest BCUT2D eigenvalue weighted by molar-refractivity contribution is 0.0951. The lowest BCUT2D eigenvalue weighted by Gasteiger charge is -2.11. The summed E-state index contributed by atoms with van der Waals surface area (Å²) in [4.78, 5) is 22.1. The Kier molecular flexibility index (Phi) is 4.93. The summed E-state index contributed by atoms with van der Waals surface area (Å²) in [5.74, 6) is 1.68. The van der Waals surface area contributed by atoms with Gasteiger partial charge in [0.1, 0.15) is 5.82 Å². The number of aryl methyl sites for hydroxylation is 1. The van der Waals surface area contributed by atoms with Crippen molar-refractivity contribution < 1.29 is 4.79 Å². The summed E-state index contributed by atoms with van der Waals surface area (Å²) in [6.45, 7) is 1.27. The van der Waals surface area contributed by atoms with Gasteiger partial charge in [-0.2, -0.15) is 0 Å². The maximum Gasteiger partial charge on any atom is 0.252 e. The maximum atomic E-state index is 13.2. The predicted octanol–water partition coefficient (Wildman–Crippen LogP) is 3.54. The lowest BCUT2D eigenvalue weighted by Crippen LogP contribution is -2.25. The fourth-order valence-corrected chi connectivity index (χ4v) is 3.96. The molecule has 0 radical (unpaired) electrons. The molecule has 1 amide bonds. The average molecular weight is 398 g/mol. The maximum absolute atomic E-state index is 13.2. The van der Waals surface area contributed by atoms with E-state index in [1.165, 1.54) is 6.42 Å². The molecule has 4 aromatic rings. The van der Waals surface area contributed by atoms with Crippen LogP contribution in [0.2, 0.25) is 0 Å². The molecule has 30 heavy (non-hydrogen) atoms. The Morgan fingerprint density at radius 2 is 2.00 bits per heavy atom. The van der Waals surface area contributed by atoms with E-state index in [2.05, 4.69) is 25.1 Å². The van der Waals surface area contributed by atoms with Gasteiger partial charge in [0.15, 0.2) is 5.82 Å². The van der Waals surface area contributed by atoms with Crippen molar-refractivity contribution in [3.8, 4) is 11.3 Å². The third kappa shape index (κ3) is 3.54. The van der Waals surface area contributed by atoms with Gasteiger partial charge in [-0.05, 0) is 37.1 Å². The zero-order chi connectivity index (χ0) is 20.3. The van der Waals surface area contributed by atoms with Crippen LogP contribution in [0.4, 0.5) is 0 Å². The van der Waals surface area contributed by atoms with E-state index in [-0.39, 0.29) is 5.91 Å². The van der Waals surface area contributed by atoms with Gasteiger partial charge in [-0.25, -0.2) is 4.98 Å². The van der Waals surface area contributed by atoms with Crippen LogP contribution in [0.5, 0.6) is 0 Å². The van der Waals surface area contributed by atoms with Gasteiger partial charge in [-0.15, -0.1) is 10.2 Å². The fraction of sp³-hybridized carbons (Fsp3) is 0.261. The number of benzene rings is 1. The van der Waals surface area contributed by atoms with Crippen LogP contribution in [0.3, 0.4) is 0 Å². The van der Waals surface area contributed by atoms with Crippen LogP contribution < -0.4 is 5.32 Å². The van der Waals surface area contributed by atoms with Gasteiger partial charge in [0.2, 0.25) is 0 Å². The largest absolute Gasteiger partial charge is 0.345 e. The highest BCUT2D eigenvalue weighted by Gasteiger charge is 2.17. The number of fused-ring (bicyclic) bond motifs is 2. The molecule has 0 saturated carbocycles. The molecule has 0 unspecified atom stereocenters. The summed E-state index contributed by atoms with van der Waals surface area (Å²) in [5, 5.41) is 12.5. The molecule has 0 aliphatic carbocycles. The number of carbonyl (C=O) groups excluding carboxylic acids is 1. The molecule has 5 rings (SSSR count). The molecule has 0 saturated heterocycles. The summed E-state index contributed by atoms with van der Waals surface area (Å²) in [5.41, 5.74) is 2.97. The monoisotopic (exact) mass is 398 g/mol. The Hall–Kier alpha value is -3.61. The molecule has 1 aliphatic rings. The van der Waals surface area contributed by atoms with Crippen LogP contribution >= 0.6 is 0 Å². The standard InChI is InChI=1S/C23H22N6O/c30-23(25-15-22-28-27-21-10-2-1-5-12-29(21)22)18-13-20(16-7-6-11-24-14-16)26-19-9-4-3-8-17(18)19/h3-4,6-9,11,13-14H,1-2,5,10,12,15H2,(H,25,30). The van der Waals surface area contributed by atoms with Gasteiger partial charge in [0.05, 0.1) is 23.3 Å². The van der Waals surface area contributed by atoms with E-state index in [0.717, 1.165) is 59.6 Å². The Balaban J connectivity index is 1.45. The summed E-state index contributed by atoms with van der Waals surface area (Å²) in [7, 11) is 0. The molecule has 0 bridgehead atoms. The van der Waals surface area contributed by atoms with Gasteiger partial charge in [0, 0.05) is 36.3 Å². The van der Waals surface area contributed by atoms with Crippen molar-refractivity contribution in [3.05, 3.63) is 72.1 Å². The Labute approximate surface area is 174 Å². The summed E-state index contributed by atoms with van der Waals surface area (Å²) in [6, 6.07) is 13.3. The van der Waals surface area contributed by atoms with Crippen molar-refractivity contribution >= 4 is 16.8 Å². The van der Waals surface area contributed by atoms with Crippen LogP contribution in [0, 0.1) is 0 Å². The summed E-state index contributed by atoms with van der Waals surface area (Å²) in [6.07, 6.45) is 7.89. The van der Waals surface area contributed by atoms with Crippen LogP contribution in [-0.2, 0) is 19.5 Å². The number of hydrogen-bond acceptors (Lipinski definition) is 5. The van der Waals surface area contributed by atoms with E-state index < -0.39 is 0 Å². The first-order chi connectivity index (χ1) is 14.8. The van der Waals surface area contributed by atoms with Gasteiger partial charge < -0.3 is 9.88 Å². The van der Waals surface area contributed by atoms with E-state index in [4.69, 9.17) is 4.98 Å². The molecule has 4 heterocycles. The molecule has 0 fully saturated rings. The third-order valence-electron chi connectivity index (χ3n) is 5.51. The topological polar surface area (TPSA) is 85.6 Å². The number of rotatable bonds is 4. The SMILES string of the molecule is O=C(NCc1nnc2n1CCCCC2)c1cc(-c2cccnc2)nc2ccccc12. The van der Waals surface area contributed by atoms with Crippen LogP contribution in [-0.4, -0.2) is 30.6 Å². The van der Waals surface area contributed by atoms with Crippen molar-refractivity contribution in [2.45, 2.75) is 38.8 Å². The third-order valence-corrected chi connectivity index (χ3v) is 5.51. The number of amides is 1. The molecule has 1 aromatic carbocycles. The second kappa shape index (κ2) is 8.02. The zero-order valence-corrected chi connectivity index (χ0v) is 16.6. The number of pyridine rings is 2. The van der Waals surface area contributed by atoms with Crippen LogP contribution in [0.15, 0.2) is 54.9 Å². The number of carbonyl (C=O) groups is 1. The highest BCUT2D eigenvalue weighted by Crippen LogP contribution is 2.24. The molecule has 0 spiro atoms. The van der Waals surface area contributed by atoms with Gasteiger partial charge >= 0.3 is 0 Å². The Morgan fingerprint density at radius 3 is 2.90 bits per heavy atom. The summed E-state index contributed by atoms with van der Waals surface area (Å²) >= 11 is 0. The number of aromatic nitrogens is 5. The molecule has 150 valence electrons. The van der Waals surface area contributed by atoms with E-state index in [9.17, 15) is 4.79 Å². The van der Waals surface area contributed by atoms with Crippen molar-refractivity contribution in [1.82, 2.24) is 30.0 Å². The van der Waals surface area contributed by atoms with Crippen molar-refractivity contribution in [3.63, 3.8) is 0 Å². The van der Waals surface area contributed by atoms with E-state index in [0.29, 0.717) is 12.1 Å². The zero-order valence-electron chi connectivity index (χ0n) is 16.6. The molecular weight excluding hydrogens is 376 g/mol. The molecule has 3 aromatic heterocycles. The quantitative estimate of drug-likeness (QED) is 0.568. The van der Waals surface area contributed by atoms with Crippen molar-refractivity contribution in [2.75, 3.05) is 0 Å². The predicted molar refractivity (Wildman–Crippen MR) is 114 cm³/mol. The van der Waals surface area contributed by atoms with Gasteiger partial charge in [-0.3, -0.25) is 9.78 Å². The first kappa shape index (κ1) is 18.4. The number of hydrogen-bond donors (Lipinski definition) is 1. The highest BCUT2D eigenvalue weighted by atomic mass is 16.1. The molecule has 7 heteroatoms. The Morgan fingerprint density at radius 1 is 1.07 bits per heavy atom. The normalized spacial score (nSPS) is 13.6. The number of nitrogens with one attached hydrogen (secondary N) is 1. The second-order valence-electron chi connectivity index (χ2n) is 7.49. The smallest absolute Gasteiger partial charge is 0.252 e. The fourth-order valence-electron chi connectivity index (χ4n) is 3.96. The molecule has 0 atom stereocenters. The molecule has 7 nitrogen and oxygen atoms in total. The minimum atomic E-state index is -0.148. The highest BCUT2D eigenvalue weighted by molar-refractivity contribution is 6.07. The van der Waals surface area contributed by atoms with Gasteiger partial charge in [0.25, 0.3) is 5.91 Å². The van der Waals surface area contributed by atoms with Crippen molar-refractivity contribution in [2.24, 2.45) is 0 Å². The molecule has 1 N–H and O–H groups in total. The van der Waals surface area contributed by atoms with Crippen molar-refractivity contribution in [1.29, 1.82) is 0 Å². The Bertz CT molecular complexity index is 1200. The lowest BCUT2D eigenvalue weighted by atomic mass is 10.0. The van der Waals surface area contributed by atoms with Crippen LogP contribution in [0.25, 0.3) is 22.2 Å². The van der Waals surface area contributed by atoms with Crippen LogP contribution in [0.1, 0.15) is 41.3 Å². The van der Waals surface area contributed by atoms with E-state index in [1.54, 1.807) is 12.4 Å². The van der Waals surface area contributed by atoms with Gasteiger partial charge in [-0.1, -0.05) is 24.6 Å². The second-order valence-corrected chi connectivity index (χ2v) is 7.49. The minimum Gasteiger partial charge on any atom is -0.345 e. The minimum absolute atomic E-state index is 0.148. The number of para-hydroxylation sites is 1. The molecular formula is C23H22N6O. The molecule has 1 aliphatic heterocycles. The van der Waals surface area contributed by atoms with E-state index >= 15 is 0 Å². The number of nitrogens with zero attached hydrogens (tertiary/aromatic N) is 5. The van der Waals surface area contributed by atoms with E-state index in [1.807, 2.05) is 42.5 Å². The first-order valence-corrected chi connectivity index (χ1v) is 10.3. The summed E-state index contributed by atoms with van der Waals surface area (Å²) < 4.78 is 2.15. The first-order valence-electron chi connectivity index (χ1n) is 10.3.